The fourth-order valence-corrected chi connectivity index (χ4v) is 2.50. The lowest BCUT2D eigenvalue weighted by molar-refractivity contribution is 0.0696. The van der Waals surface area contributed by atoms with E-state index in [0.717, 1.165) is 16.8 Å². The summed E-state index contributed by atoms with van der Waals surface area (Å²) in [6, 6.07) is 9.82. The van der Waals surface area contributed by atoms with E-state index in [0.29, 0.717) is 18.8 Å². The molecule has 2 aromatic rings. The molecule has 1 aromatic heterocycles. The third-order valence-electron chi connectivity index (χ3n) is 3.99. The van der Waals surface area contributed by atoms with Gasteiger partial charge in [-0.1, -0.05) is 38.1 Å². The van der Waals surface area contributed by atoms with Gasteiger partial charge in [0.1, 0.15) is 5.69 Å². The maximum absolute atomic E-state index is 12.9. The summed E-state index contributed by atoms with van der Waals surface area (Å²) >= 11 is 0. The lowest BCUT2D eigenvalue weighted by Crippen LogP contribution is -2.34. The molecule has 0 radical (unpaired) electrons. The van der Waals surface area contributed by atoms with Gasteiger partial charge in [-0.3, -0.25) is 9.48 Å². The van der Waals surface area contributed by atoms with Gasteiger partial charge in [0.05, 0.1) is 12.3 Å². The number of benzene rings is 1. The Morgan fingerprint density at radius 3 is 2.61 bits per heavy atom. The number of rotatable bonds is 6. The van der Waals surface area contributed by atoms with Gasteiger partial charge < -0.3 is 10.0 Å². The van der Waals surface area contributed by atoms with Crippen LogP contribution in [0.5, 0.6) is 0 Å². The summed E-state index contributed by atoms with van der Waals surface area (Å²) < 4.78 is 1.62. The average Bonchev–Trinajstić information content (AvgIpc) is 2.90. The van der Waals surface area contributed by atoms with Crippen molar-refractivity contribution < 1.29 is 9.90 Å². The molecule has 0 atom stereocenters. The Morgan fingerprint density at radius 1 is 1.35 bits per heavy atom. The van der Waals surface area contributed by atoms with Crippen LogP contribution < -0.4 is 0 Å². The molecule has 0 fully saturated rings. The quantitative estimate of drug-likeness (QED) is 0.891. The number of hydrogen-bond acceptors (Lipinski definition) is 3. The molecule has 0 saturated carbocycles. The van der Waals surface area contributed by atoms with Gasteiger partial charge in [0.25, 0.3) is 5.91 Å². The zero-order chi connectivity index (χ0) is 17.0. The summed E-state index contributed by atoms with van der Waals surface area (Å²) in [7, 11) is 1.78. The van der Waals surface area contributed by atoms with Crippen LogP contribution in [0.3, 0.4) is 0 Å². The summed E-state index contributed by atoms with van der Waals surface area (Å²) in [4.78, 5) is 14.5. The predicted octanol–water partition coefficient (Wildman–Crippen LogP) is 2.49. The van der Waals surface area contributed by atoms with E-state index in [-0.39, 0.29) is 18.4 Å². The monoisotopic (exact) mass is 315 g/mol. The Kier molecular flexibility index (Phi) is 5.55. The summed E-state index contributed by atoms with van der Waals surface area (Å²) in [5.41, 5.74) is 3.67. The van der Waals surface area contributed by atoms with E-state index >= 15 is 0 Å². The van der Waals surface area contributed by atoms with E-state index in [4.69, 9.17) is 0 Å². The van der Waals surface area contributed by atoms with Crippen molar-refractivity contribution in [1.82, 2.24) is 14.7 Å². The minimum absolute atomic E-state index is 0.0630. The second-order valence-electron chi connectivity index (χ2n) is 6.11. The number of hydrogen-bond donors (Lipinski definition) is 1. The van der Waals surface area contributed by atoms with Crippen LogP contribution in [0.25, 0.3) is 0 Å². The van der Waals surface area contributed by atoms with Gasteiger partial charge in [-0.2, -0.15) is 5.10 Å². The van der Waals surface area contributed by atoms with Crippen LogP contribution in [0.1, 0.15) is 47.1 Å². The molecule has 0 unspecified atom stereocenters. The van der Waals surface area contributed by atoms with Crippen molar-refractivity contribution in [3.8, 4) is 0 Å². The zero-order valence-electron chi connectivity index (χ0n) is 14.3. The fraction of sp³-hybridized carbons (Fsp3) is 0.444. The van der Waals surface area contributed by atoms with Gasteiger partial charge in [-0.15, -0.1) is 0 Å². The number of aliphatic hydroxyl groups excluding tert-OH is 1. The van der Waals surface area contributed by atoms with Crippen LogP contribution in [-0.2, 0) is 13.6 Å². The third kappa shape index (κ3) is 3.99. The first-order valence-corrected chi connectivity index (χ1v) is 7.92. The number of aliphatic hydroxyl groups is 1. The predicted molar refractivity (Wildman–Crippen MR) is 90.3 cm³/mol. The molecule has 0 bridgehead atoms. The molecule has 0 aliphatic rings. The first-order chi connectivity index (χ1) is 10.9. The van der Waals surface area contributed by atoms with Crippen molar-refractivity contribution >= 4 is 5.91 Å². The van der Waals surface area contributed by atoms with E-state index in [1.165, 1.54) is 0 Å². The zero-order valence-corrected chi connectivity index (χ0v) is 14.3. The molecule has 0 saturated heterocycles. The van der Waals surface area contributed by atoms with E-state index < -0.39 is 0 Å². The Morgan fingerprint density at radius 2 is 2.04 bits per heavy atom. The topological polar surface area (TPSA) is 58.4 Å². The lowest BCUT2D eigenvalue weighted by atomic mass is 10.1. The van der Waals surface area contributed by atoms with Crippen LogP contribution in [0.4, 0.5) is 0 Å². The largest absolute Gasteiger partial charge is 0.395 e. The van der Waals surface area contributed by atoms with Crippen LogP contribution in [0.15, 0.2) is 30.3 Å². The highest BCUT2D eigenvalue weighted by atomic mass is 16.3. The van der Waals surface area contributed by atoms with E-state index in [1.54, 1.807) is 16.6 Å². The summed E-state index contributed by atoms with van der Waals surface area (Å²) in [6.45, 7) is 6.85. The fourth-order valence-electron chi connectivity index (χ4n) is 2.50. The first kappa shape index (κ1) is 17.2. The molecule has 2 rings (SSSR count). The number of aryl methyl sites for hydroxylation is 2. The van der Waals surface area contributed by atoms with Crippen LogP contribution in [0, 0.1) is 6.92 Å². The lowest BCUT2D eigenvalue weighted by Gasteiger charge is -2.22. The van der Waals surface area contributed by atoms with Crippen LogP contribution in [0.2, 0.25) is 0 Å². The molecule has 1 heterocycles. The first-order valence-electron chi connectivity index (χ1n) is 7.92. The van der Waals surface area contributed by atoms with Gasteiger partial charge in [-0.25, -0.2) is 0 Å². The van der Waals surface area contributed by atoms with Crippen molar-refractivity contribution in [3.05, 3.63) is 52.8 Å². The number of carbonyl (C=O) groups is 1. The SMILES string of the molecule is Cc1ccccc1CN(CCO)C(=O)c1cc(C(C)C)nn1C. The van der Waals surface area contributed by atoms with Gasteiger partial charge in [0, 0.05) is 20.1 Å². The maximum atomic E-state index is 12.9. The highest BCUT2D eigenvalue weighted by Gasteiger charge is 2.21. The molecular weight excluding hydrogens is 290 g/mol. The molecule has 1 aromatic carbocycles. The third-order valence-corrected chi connectivity index (χ3v) is 3.99. The van der Waals surface area contributed by atoms with Crippen LogP contribution >= 0.6 is 0 Å². The van der Waals surface area contributed by atoms with Gasteiger partial charge in [0.15, 0.2) is 0 Å². The molecular formula is C18H25N3O2. The Bertz CT molecular complexity index is 677. The number of carbonyl (C=O) groups excluding carboxylic acids is 1. The molecule has 0 aliphatic heterocycles. The average molecular weight is 315 g/mol. The molecule has 1 amide bonds. The minimum atomic E-state index is -0.107. The number of aromatic nitrogens is 2. The van der Waals surface area contributed by atoms with Gasteiger partial charge >= 0.3 is 0 Å². The molecule has 1 N–H and O–H groups in total. The van der Waals surface area contributed by atoms with Gasteiger partial charge in [-0.05, 0) is 30.0 Å². The number of nitrogens with zero attached hydrogens (tertiary/aromatic N) is 3. The van der Waals surface area contributed by atoms with Crippen LogP contribution in [-0.4, -0.2) is 38.8 Å². The second kappa shape index (κ2) is 7.42. The summed E-state index contributed by atoms with van der Waals surface area (Å²) in [5.74, 6) is 0.162. The molecule has 5 heteroatoms. The molecule has 5 nitrogen and oxygen atoms in total. The smallest absolute Gasteiger partial charge is 0.272 e. The second-order valence-corrected chi connectivity index (χ2v) is 6.11. The Hall–Kier alpha value is -2.14. The van der Waals surface area contributed by atoms with Crippen molar-refractivity contribution in [1.29, 1.82) is 0 Å². The summed E-state index contributed by atoms with van der Waals surface area (Å²) in [5, 5.41) is 13.7. The molecule has 23 heavy (non-hydrogen) atoms. The van der Waals surface area contributed by atoms with Crippen molar-refractivity contribution in [3.63, 3.8) is 0 Å². The van der Waals surface area contributed by atoms with Crippen molar-refractivity contribution in [2.75, 3.05) is 13.2 Å². The Balaban J connectivity index is 2.26. The highest BCUT2D eigenvalue weighted by molar-refractivity contribution is 5.92. The van der Waals surface area contributed by atoms with Crippen molar-refractivity contribution in [2.45, 2.75) is 33.2 Å². The molecule has 0 aliphatic carbocycles. The van der Waals surface area contributed by atoms with Gasteiger partial charge in [0.2, 0.25) is 0 Å². The standard InChI is InChI=1S/C18H25N3O2/c1-13(2)16-11-17(20(4)19-16)18(23)21(9-10-22)12-15-8-6-5-7-14(15)3/h5-8,11,13,22H,9-10,12H2,1-4H3. The number of amides is 1. The molecule has 0 spiro atoms. The normalized spacial score (nSPS) is 11.0. The van der Waals surface area contributed by atoms with E-state index in [1.807, 2.05) is 37.3 Å². The Labute approximate surface area is 137 Å². The van der Waals surface area contributed by atoms with E-state index in [9.17, 15) is 9.90 Å². The van der Waals surface area contributed by atoms with E-state index in [2.05, 4.69) is 18.9 Å². The highest BCUT2D eigenvalue weighted by Crippen LogP contribution is 2.17. The minimum Gasteiger partial charge on any atom is -0.395 e. The molecule has 124 valence electrons. The van der Waals surface area contributed by atoms with Crippen molar-refractivity contribution in [2.24, 2.45) is 7.05 Å². The maximum Gasteiger partial charge on any atom is 0.272 e. The summed E-state index contributed by atoms with van der Waals surface area (Å²) in [6.07, 6.45) is 0.